The van der Waals surface area contributed by atoms with E-state index < -0.39 is 0 Å². The Labute approximate surface area is 91.3 Å². The summed E-state index contributed by atoms with van der Waals surface area (Å²) in [5.41, 5.74) is 0.440. The largest absolute Gasteiger partial charge is 0.506 e. The number of carbonyl (C=O) groups is 1. The normalized spacial score (nSPS) is 12.1. The number of para-hydroxylation sites is 2. The molecule has 0 fully saturated rings. The SMILES string of the molecule is CC[C@@H](Br)C(=O)Nc1ccccc1O. The number of amides is 1. The van der Waals surface area contributed by atoms with Crippen molar-refractivity contribution in [1.29, 1.82) is 0 Å². The molecule has 14 heavy (non-hydrogen) atoms. The van der Waals surface area contributed by atoms with Crippen LogP contribution in [0.25, 0.3) is 0 Å². The van der Waals surface area contributed by atoms with Gasteiger partial charge in [-0.2, -0.15) is 0 Å². The molecular weight excluding hydrogens is 246 g/mol. The predicted octanol–water partition coefficient (Wildman–Crippen LogP) is 2.50. The molecule has 1 rings (SSSR count). The summed E-state index contributed by atoms with van der Waals surface area (Å²) in [5, 5.41) is 12.0. The van der Waals surface area contributed by atoms with E-state index in [1.807, 2.05) is 6.92 Å². The molecule has 0 bridgehead atoms. The fourth-order valence-corrected chi connectivity index (χ4v) is 1.09. The van der Waals surface area contributed by atoms with Gasteiger partial charge in [-0.15, -0.1) is 0 Å². The Morgan fingerprint density at radius 3 is 2.79 bits per heavy atom. The van der Waals surface area contributed by atoms with Crippen molar-refractivity contribution in [3.8, 4) is 5.75 Å². The Morgan fingerprint density at radius 2 is 2.21 bits per heavy atom. The summed E-state index contributed by atoms with van der Waals surface area (Å²) >= 11 is 3.23. The zero-order valence-electron chi connectivity index (χ0n) is 7.83. The summed E-state index contributed by atoms with van der Waals surface area (Å²) in [6.45, 7) is 1.91. The molecule has 2 N–H and O–H groups in total. The number of carbonyl (C=O) groups excluding carboxylic acids is 1. The van der Waals surface area contributed by atoms with Crippen LogP contribution in [0, 0.1) is 0 Å². The molecule has 0 unspecified atom stereocenters. The van der Waals surface area contributed by atoms with Crippen LogP contribution in [0.3, 0.4) is 0 Å². The van der Waals surface area contributed by atoms with E-state index in [9.17, 15) is 9.90 Å². The van der Waals surface area contributed by atoms with E-state index in [2.05, 4.69) is 21.2 Å². The number of anilines is 1. The minimum atomic E-state index is -0.220. The number of rotatable bonds is 3. The summed E-state index contributed by atoms with van der Waals surface area (Å²) in [7, 11) is 0. The third-order valence-corrected chi connectivity index (χ3v) is 2.87. The fraction of sp³-hybridized carbons (Fsp3) is 0.300. The molecule has 1 aromatic rings. The summed E-state index contributed by atoms with van der Waals surface area (Å²) in [6, 6.07) is 6.65. The molecule has 0 aliphatic rings. The molecule has 1 amide bonds. The van der Waals surface area contributed by atoms with Gasteiger partial charge in [0.2, 0.25) is 5.91 Å². The molecule has 1 aromatic carbocycles. The van der Waals surface area contributed by atoms with Gasteiger partial charge in [-0.3, -0.25) is 4.79 Å². The molecule has 1 atom stereocenters. The molecule has 3 nitrogen and oxygen atoms in total. The van der Waals surface area contributed by atoms with Crippen LogP contribution in [0.4, 0.5) is 5.69 Å². The van der Waals surface area contributed by atoms with Crippen LogP contribution >= 0.6 is 15.9 Å². The van der Waals surface area contributed by atoms with Crippen molar-refractivity contribution >= 4 is 27.5 Å². The summed E-state index contributed by atoms with van der Waals surface area (Å²) < 4.78 is 0. The van der Waals surface area contributed by atoms with E-state index in [1.54, 1.807) is 18.2 Å². The minimum Gasteiger partial charge on any atom is -0.506 e. The van der Waals surface area contributed by atoms with Gasteiger partial charge in [0, 0.05) is 0 Å². The second-order valence-electron chi connectivity index (χ2n) is 2.88. The topological polar surface area (TPSA) is 49.3 Å². The number of phenolic OH excluding ortho intramolecular Hbond substituents is 1. The van der Waals surface area contributed by atoms with E-state index in [0.717, 1.165) is 0 Å². The number of alkyl halides is 1. The van der Waals surface area contributed by atoms with Gasteiger partial charge in [0.25, 0.3) is 0 Å². The molecular formula is C10H12BrNO2. The van der Waals surface area contributed by atoms with Crippen molar-refractivity contribution < 1.29 is 9.90 Å². The highest BCUT2D eigenvalue weighted by molar-refractivity contribution is 9.10. The molecule has 0 spiro atoms. The van der Waals surface area contributed by atoms with Gasteiger partial charge in [0.1, 0.15) is 5.75 Å². The predicted molar refractivity (Wildman–Crippen MR) is 59.7 cm³/mol. The summed E-state index contributed by atoms with van der Waals surface area (Å²) in [5.74, 6) is -0.0642. The lowest BCUT2D eigenvalue weighted by atomic mass is 10.2. The first-order chi connectivity index (χ1) is 6.65. The summed E-state index contributed by atoms with van der Waals surface area (Å²) in [6.07, 6.45) is 0.708. The number of benzene rings is 1. The van der Waals surface area contributed by atoms with Crippen molar-refractivity contribution in [2.75, 3.05) is 5.32 Å². The van der Waals surface area contributed by atoms with Crippen molar-refractivity contribution in [2.24, 2.45) is 0 Å². The van der Waals surface area contributed by atoms with Gasteiger partial charge in [0.05, 0.1) is 10.5 Å². The Morgan fingerprint density at radius 1 is 1.57 bits per heavy atom. The van der Waals surface area contributed by atoms with E-state index in [4.69, 9.17) is 0 Å². The zero-order chi connectivity index (χ0) is 10.6. The Kier molecular flexibility index (Phi) is 3.95. The van der Waals surface area contributed by atoms with Gasteiger partial charge in [0.15, 0.2) is 0 Å². The summed E-state index contributed by atoms with van der Waals surface area (Å²) in [4.78, 5) is 11.2. The molecule has 0 aliphatic heterocycles. The second-order valence-corrected chi connectivity index (χ2v) is 3.99. The van der Waals surface area contributed by atoms with Crippen LogP contribution in [0.2, 0.25) is 0 Å². The van der Waals surface area contributed by atoms with Crippen LogP contribution in [0.1, 0.15) is 13.3 Å². The second kappa shape index (κ2) is 5.00. The van der Waals surface area contributed by atoms with Crippen LogP contribution in [0.5, 0.6) is 5.75 Å². The van der Waals surface area contributed by atoms with Crippen LogP contribution < -0.4 is 5.32 Å². The molecule has 76 valence electrons. The fourth-order valence-electron chi connectivity index (χ4n) is 0.976. The highest BCUT2D eigenvalue weighted by atomic mass is 79.9. The average molecular weight is 258 g/mol. The van der Waals surface area contributed by atoms with E-state index in [1.165, 1.54) is 6.07 Å². The Bertz CT molecular complexity index is 328. The van der Waals surface area contributed by atoms with E-state index >= 15 is 0 Å². The monoisotopic (exact) mass is 257 g/mol. The third-order valence-electron chi connectivity index (χ3n) is 1.80. The first kappa shape index (κ1) is 11.0. The molecule has 0 aliphatic carbocycles. The highest BCUT2D eigenvalue weighted by Gasteiger charge is 2.13. The van der Waals surface area contributed by atoms with Crippen molar-refractivity contribution in [1.82, 2.24) is 0 Å². The van der Waals surface area contributed by atoms with Crippen molar-refractivity contribution in [3.05, 3.63) is 24.3 Å². The Balaban J connectivity index is 2.70. The van der Waals surface area contributed by atoms with Gasteiger partial charge in [-0.05, 0) is 18.6 Å². The average Bonchev–Trinajstić information content (AvgIpc) is 2.20. The highest BCUT2D eigenvalue weighted by Crippen LogP contribution is 2.22. The maximum Gasteiger partial charge on any atom is 0.238 e. The van der Waals surface area contributed by atoms with Crippen LogP contribution in [0.15, 0.2) is 24.3 Å². The number of nitrogens with one attached hydrogen (secondary N) is 1. The van der Waals surface area contributed by atoms with E-state index in [-0.39, 0.29) is 16.5 Å². The lowest BCUT2D eigenvalue weighted by molar-refractivity contribution is -0.115. The lowest BCUT2D eigenvalue weighted by Crippen LogP contribution is -2.21. The minimum absolute atomic E-state index is 0.0802. The zero-order valence-corrected chi connectivity index (χ0v) is 9.41. The number of hydrogen-bond acceptors (Lipinski definition) is 2. The maximum absolute atomic E-state index is 11.4. The van der Waals surface area contributed by atoms with Gasteiger partial charge >= 0.3 is 0 Å². The smallest absolute Gasteiger partial charge is 0.238 e. The number of halogens is 1. The molecule has 0 heterocycles. The van der Waals surface area contributed by atoms with Crippen molar-refractivity contribution in [3.63, 3.8) is 0 Å². The molecule has 0 saturated carbocycles. The standard InChI is InChI=1S/C10H12BrNO2/c1-2-7(11)10(14)12-8-5-3-4-6-9(8)13/h3-7,13H,2H2,1H3,(H,12,14)/t7-/m1/s1. The molecule has 4 heteroatoms. The van der Waals surface area contributed by atoms with Crippen molar-refractivity contribution in [2.45, 2.75) is 18.2 Å². The first-order valence-corrected chi connectivity index (χ1v) is 5.29. The number of phenols is 1. The Hall–Kier alpha value is -1.03. The van der Waals surface area contributed by atoms with Gasteiger partial charge < -0.3 is 10.4 Å². The maximum atomic E-state index is 11.4. The van der Waals surface area contributed by atoms with Gasteiger partial charge in [-0.1, -0.05) is 35.0 Å². The number of hydrogen-bond donors (Lipinski definition) is 2. The van der Waals surface area contributed by atoms with Crippen LogP contribution in [-0.4, -0.2) is 15.8 Å². The molecule has 0 saturated heterocycles. The first-order valence-electron chi connectivity index (χ1n) is 4.38. The number of aromatic hydroxyl groups is 1. The quantitative estimate of drug-likeness (QED) is 0.646. The molecule has 0 aromatic heterocycles. The third kappa shape index (κ3) is 2.73. The van der Waals surface area contributed by atoms with Gasteiger partial charge in [-0.25, -0.2) is 0 Å². The molecule has 0 radical (unpaired) electrons. The lowest BCUT2D eigenvalue weighted by Gasteiger charge is -2.09. The van der Waals surface area contributed by atoms with Crippen LogP contribution in [-0.2, 0) is 4.79 Å². The van der Waals surface area contributed by atoms with E-state index in [0.29, 0.717) is 12.1 Å².